The lowest BCUT2D eigenvalue weighted by Gasteiger charge is -2.32. The van der Waals surface area contributed by atoms with Gasteiger partial charge in [-0.2, -0.15) is 0 Å². The smallest absolute Gasteiger partial charge is 0.137 e. The second kappa shape index (κ2) is 18.8. The number of hydrogen-bond donors (Lipinski definition) is 1. The quantitative estimate of drug-likeness (QED) is 0.140. The van der Waals surface area contributed by atoms with E-state index in [2.05, 4.69) is 298 Å². The van der Waals surface area contributed by atoms with Crippen LogP contribution in [0, 0.1) is 0 Å². The third-order valence-electron chi connectivity index (χ3n) is 15.7. The van der Waals surface area contributed by atoms with Crippen molar-refractivity contribution < 1.29 is 0 Å². The van der Waals surface area contributed by atoms with Crippen LogP contribution in [0.3, 0.4) is 0 Å². The molecule has 5 nitrogen and oxygen atoms in total. The first-order chi connectivity index (χ1) is 35.1. The van der Waals surface area contributed by atoms with Crippen molar-refractivity contribution in [1.29, 1.82) is 0 Å². The monoisotopic (exact) mass is 974 g/mol. The number of benzene rings is 7. The van der Waals surface area contributed by atoms with Gasteiger partial charge >= 0.3 is 0 Å². The third kappa shape index (κ3) is 9.77. The summed E-state index contributed by atoms with van der Waals surface area (Å²) in [5.74, 6) is 0.924. The van der Waals surface area contributed by atoms with E-state index in [0.29, 0.717) is 0 Å². The second-order valence-corrected chi connectivity index (χ2v) is 24.9. The van der Waals surface area contributed by atoms with Crippen molar-refractivity contribution in [2.45, 2.75) is 123 Å². The SMILES string of the molecule is CC(C)(C)c1cc(N2C=CC(Nc3cc(C(C)(C)c4ccccc4)cc(C(C)(C)c4ccccc4)c3)C2)cc(N(c2ccccc2)c2ccc3c4cc(C(C)(C)C)ccc4n(-c4cc(C(C)(C)C)ccn4)c3c2)c1. The van der Waals surface area contributed by atoms with Crippen LogP contribution in [0.4, 0.5) is 28.4 Å². The molecule has 0 saturated carbocycles. The summed E-state index contributed by atoms with van der Waals surface area (Å²) in [5.41, 5.74) is 16.3. The first-order valence-corrected chi connectivity index (χ1v) is 26.6. The molecule has 0 aliphatic carbocycles. The Bertz CT molecular complexity index is 3430. The number of hydrogen-bond acceptors (Lipinski definition) is 4. The fourth-order valence-corrected chi connectivity index (χ4v) is 10.7. The summed E-state index contributed by atoms with van der Waals surface area (Å²) in [4.78, 5) is 9.93. The minimum absolute atomic E-state index is 0.00150. The van der Waals surface area contributed by atoms with Gasteiger partial charge in [0.2, 0.25) is 0 Å². The Morgan fingerprint density at radius 3 is 1.62 bits per heavy atom. The molecule has 1 aliphatic heterocycles. The summed E-state index contributed by atoms with van der Waals surface area (Å²) in [7, 11) is 0. The highest BCUT2D eigenvalue weighted by Crippen LogP contribution is 2.44. The average Bonchev–Trinajstić information content (AvgIpc) is 3.98. The number of rotatable bonds is 11. The summed E-state index contributed by atoms with van der Waals surface area (Å²) in [6.07, 6.45) is 6.57. The van der Waals surface area contributed by atoms with Gasteiger partial charge in [-0.3, -0.25) is 4.57 Å². The fourth-order valence-electron chi connectivity index (χ4n) is 10.7. The summed E-state index contributed by atoms with van der Waals surface area (Å²) in [6.45, 7) is 30.8. The lowest BCUT2D eigenvalue weighted by atomic mass is 9.73. The van der Waals surface area contributed by atoms with Crippen LogP contribution >= 0.6 is 0 Å². The molecule has 376 valence electrons. The molecule has 7 aromatic carbocycles. The highest BCUT2D eigenvalue weighted by molar-refractivity contribution is 6.10. The third-order valence-corrected chi connectivity index (χ3v) is 15.7. The largest absolute Gasteiger partial charge is 0.377 e. The normalized spacial score (nSPS) is 14.6. The summed E-state index contributed by atoms with van der Waals surface area (Å²) < 4.78 is 2.38. The molecule has 10 rings (SSSR count). The lowest BCUT2D eigenvalue weighted by Crippen LogP contribution is -2.28. The van der Waals surface area contributed by atoms with Gasteiger partial charge in [-0.05, 0) is 140 Å². The summed E-state index contributed by atoms with van der Waals surface area (Å²) in [6, 6.07) is 65.5. The number of nitrogens with zero attached hydrogens (tertiary/aromatic N) is 4. The van der Waals surface area contributed by atoms with Crippen molar-refractivity contribution in [1.82, 2.24) is 9.55 Å². The van der Waals surface area contributed by atoms with Crippen molar-refractivity contribution in [3.8, 4) is 5.82 Å². The van der Waals surface area contributed by atoms with E-state index >= 15 is 0 Å². The van der Waals surface area contributed by atoms with Gasteiger partial charge in [0.25, 0.3) is 0 Å². The number of nitrogens with one attached hydrogen (secondary N) is 1. The zero-order chi connectivity index (χ0) is 52.4. The lowest BCUT2D eigenvalue weighted by molar-refractivity contribution is 0.588. The Kier molecular flexibility index (Phi) is 12.8. The van der Waals surface area contributed by atoms with Crippen LogP contribution in [0.2, 0.25) is 0 Å². The van der Waals surface area contributed by atoms with Gasteiger partial charge in [-0.25, -0.2) is 4.98 Å². The standard InChI is InChI=1S/C69H75N5/c1-65(2,3)49-29-32-62-61(42-49)60-31-30-57(45-63(60)74(62)64-43-50(33-35-70-64)66(4,5)6)73(56-27-21-16-22-28-56)59-41-51(67(7,8)9)40-58(44-59)72-36-34-54(46-72)71-55-38-52(68(10,11)47-23-17-14-18-24-47)37-53(39-55)69(12,13)48-25-19-15-20-26-48/h14-45,54,71H,46H2,1-13H3. The molecule has 2 aromatic heterocycles. The van der Waals surface area contributed by atoms with Crippen LogP contribution in [0.5, 0.6) is 0 Å². The highest BCUT2D eigenvalue weighted by atomic mass is 15.2. The van der Waals surface area contributed by atoms with Gasteiger partial charge < -0.3 is 15.1 Å². The Hall–Kier alpha value is -7.37. The molecule has 0 bridgehead atoms. The van der Waals surface area contributed by atoms with Crippen LogP contribution < -0.4 is 15.1 Å². The number of aromatic nitrogens is 2. The molecular formula is C69H75N5. The van der Waals surface area contributed by atoms with E-state index < -0.39 is 0 Å². The van der Waals surface area contributed by atoms with Crippen molar-refractivity contribution >= 4 is 50.2 Å². The maximum absolute atomic E-state index is 5.07. The van der Waals surface area contributed by atoms with Gasteiger partial charge in [0.05, 0.1) is 17.1 Å². The molecule has 0 radical (unpaired) electrons. The van der Waals surface area contributed by atoms with E-state index in [-0.39, 0.29) is 33.1 Å². The molecule has 5 heteroatoms. The number of para-hydroxylation sites is 1. The summed E-state index contributed by atoms with van der Waals surface area (Å²) in [5, 5.41) is 6.47. The fraction of sp³-hybridized carbons (Fsp3) is 0.290. The minimum atomic E-state index is -0.211. The Morgan fingerprint density at radius 2 is 1.03 bits per heavy atom. The molecule has 3 heterocycles. The van der Waals surface area contributed by atoms with Crippen LogP contribution in [0.25, 0.3) is 27.6 Å². The molecule has 1 aliphatic rings. The van der Waals surface area contributed by atoms with Crippen molar-refractivity contribution in [2.75, 3.05) is 21.7 Å². The van der Waals surface area contributed by atoms with E-state index in [4.69, 9.17) is 4.98 Å². The van der Waals surface area contributed by atoms with E-state index in [0.717, 1.165) is 51.8 Å². The molecule has 1 atom stereocenters. The molecule has 1 unspecified atom stereocenters. The maximum atomic E-state index is 5.07. The van der Waals surface area contributed by atoms with Gasteiger partial charge in [0.1, 0.15) is 5.82 Å². The molecule has 0 fully saturated rings. The van der Waals surface area contributed by atoms with Gasteiger partial charge in [-0.15, -0.1) is 0 Å². The molecule has 9 aromatic rings. The number of pyridine rings is 1. The van der Waals surface area contributed by atoms with Gasteiger partial charge in [0.15, 0.2) is 0 Å². The van der Waals surface area contributed by atoms with Crippen molar-refractivity contribution in [2.24, 2.45) is 0 Å². The topological polar surface area (TPSA) is 36.3 Å². The molecule has 74 heavy (non-hydrogen) atoms. The first kappa shape index (κ1) is 50.2. The molecular weight excluding hydrogens is 899 g/mol. The van der Waals surface area contributed by atoms with Crippen LogP contribution in [-0.4, -0.2) is 22.1 Å². The molecule has 0 saturated heterocycles. The zero-order valence-electron chi connectivity index (χ0n) is 46.0. The van der Waals surface area contributed by atoms with E-state index in [1.165, 1.54) is 49.7 Å². The first-order valence-electron chi connectivity index (χ1n) is 26.6. The van der Waals surface area contributed by atoms with Crippen LogP contribution in [-0.2, 0) is 27.1 Å². The minimum Gasteiger partial charge on any atom is -0.377 e. The number of fused-ring (bicyclic) bond motifs is 3. The Morgan fingerprint density at radius 1 is 0.446 bits per heavy atom. The molecule has 0 amide bonds. The van der Waals surface area contributed by atoms with Crippen molar-refractivity contribution in [3.05, 3.63) is 233 Å². The van der Waals surface area contributed by atoms with E-state index in [1.807, 2.05) is 6.20 Å². The van der Waals surface area contributed by atoms with Gasteiger partial charge in [-0.1, -0.05) is 187 Å². The van der Waals surface area contributed by atoms with Crippen molar-refractivity contribution in [3.63, 3.8) is 0 Å². The van der Waals surface area contributed by atoms with Crippen LogP contribution in [0.15, 0.2) is 194 Å². The van der Waals surface area contributed by atoms with E-state index in [9.17, 15) is 0 Å². The Labute approximate surface area is 441 Å². The van der Waals surface area contributed by atoms with E-state index in [1.54, 1.807) is 0 Å². The average molecular weight is 974 g/mol. The maximum Gasteiger partial charge on any atom is 0.137 e. The van der Waals surface area contributed by atoms with Gasteiger partial charge in [0, 0.05) is 69.0 Å². The zero-order valence-corrected chi connectivity index (χ0v) is 46.0. The summed E-state index contributed by atoms with van der Waals surface area (Å²) >= 11 is 0. The second-order valence-electron chi connectivity index (χ2n) is 24.9. The predicted octanol–water partition coefficient (Wildman–Crippen LogP) is 18.0. The van der Waals surface area contributed by atoms with Crippen LogP contribution in [0.1, 0.15) is 129 Å². The predicted molar refractivity (Wildman–Crippen MR) is 317 cm³/mol. The highest BCUT2D eigenvalue weighted by Gasteiger charge is 2.31. The molecule has 0 spiro atoms. The molecule has 1 N–H and O–H groups in total. The number of anilines is 5. The Balaban J connectivity index is 1.06.